The number of nitrogens with one attached hydrogen (secondary N) is 1. The Balaban J connectivity index is 1.49. The summed E-state index contributed by atoms with van der Waals surface area (Å²) in [5.41, 5.74) is 7.16. The second-order valence-corrected chi connectivity index (χ2v) is 10.5. The summed E-state index contributed by atoms with van der Waals surface area (Å²) < 4.78 is 40.2. The van der Waals surface area contributed by atoms with Crippen LogP contribution in [-0.4, -0.2) is 36.6 Å². The van der Waals surface area contributed by atoms with Gasteiger partial charge in [0.1, 0.15) is 0 Å². The van der Waals surface area contributed by atoms with Crippen molar-refractivity contribution in [3.63, 3.8) is 0 Å². The Kier molecular flexibility index (Phi) is 7.54. The van der Waals surface area contributed by atoms with Gasteiger partial charge in [0.05, 0.1) is 5.56 Å². The molecule has 4 rings (SSSR count). The van der Waals surface area contributed by atoms with Crippen molar-refractivity contribution in [3.05, 3.63) is 53.6 Å². The number of anilines is 1. The Morgan fingerprint density at radius 2 is 1.94 bits per heavy atom. The van der Waals surface area contributed by atoms with Gasteiger partial charge in [-0.3, -0.25) is 0 Å². The summed E-state index contributed by atoms with van der Waals surface area (Å²) in [6.45, 7) is 7.65. The first kappa shape index (κ1) is 24.3. The van der Waals surface area contributed by atoms with Crippen molar-refractivity contribution < 1.29 is 13.2 Å². The molecule has 0 radical (unpaired) electrons. The number of halogens is 3. The van der Waals surface area contributed by atoms with Crippen LogP contribution in [-0.2, 0) is 6.18 Å². The molecule has 3 aliphatic rings. The summed E-state index contributed by atoms with van der Waals surface area (Å²) in [6.07, 6.45) is 9.51. The molecule has 6 heteroatoms. The number of likely N-dealkylation sites (tertiary alicyclic amines) is 1. The lowest BCUT2D eigenvalue weighted by Gasteiger charge is -2.43. The zero-order valence-corrected chi connectivity index (χ0v) is 19.8. The molecule has 2 aliphatic heterocycles. The summed E-state index contributed by atoms with van der Waals surface area (Å²) in [7, 11) is 0. The number of benzene rings is 1. The van der Waals surface area contributed by atoms with Crippen molar-refractivity contribution in [2.24, 2.45) is 23.5 Å². The maximum Gasteiger partial charge on any atom is 0.416 e. The predicted molar refractivity (Wildman–Crippen MR) is 129 cm³/mol. The first-order valence-corrected chi connectivity index (χ1v) is 12.5. The minimum atomic E-state index is -4.32. The van der Waals surface area contributed by atoms with Crippen molar-refractivity contribution in [2.75, 3.05) is 25.0 Å². The van der Waals surface area contributed by atoms with Crippen LogP contribution in [0.25, 0.3) is 0 Å². The number of fused-ring (bicyclic) bond motifs is 1. The second kappa shape index (κ2) is 10.2. The normalized spacial score (nSPS) is 29.5. The van der Waals surface area contributed by atoms with Gasteiger partial charge in [0.25, 0.3) is 0 Å². The van der Waals surface area contributed by atoms with Gasteiger partial charge in [0.15, 0.2) is 0 Å². The number of rotatable bonds is 6. The van der Waals surface area contributed by atoms with E-state index in [9.17, 15) is 13.2 Å². The lowest BCUT2D eigenvalue weighted by atomic mass is 9.70. The number of alkyl halides is 3. The zero-order chi connectivity index (χ0) is 23.6. The third-order valence-electron chi connectivity index (χ3n) is 7.97. The molecule has 0 saturated carbocycles. The number of nitrogens with two attached hydrogens (primary N) is 1. The summed E-state index contributed by atoms with van der Waals surface area (Å²) >= 11 is 0. The molecule has 0 bridgehead atoms. The van der Waals surface area contributed by atoms with Gasteiger partial charge in [-0.15, -0.1) is 0 Å². The maximum atomic E-state index is 13.4. The molecule has 2 heterocycles. The van der Waals surface area contributed by atoms with Crippen molar-refractivity contribution in [3.8, 4) is 0 Å². The number of hydrogen-bond donors (Lipinski definition) is 2. The van der Waals surface area contributed by atoms with E-state index in [1.807, 2.05) is 0 Å². The molecule has 182 valence electrons. The fourth-order valence-corrected chi connectivity index (χ4v) is 5.94. The number of piperidine rings is 1. The Bertz CT molecular complexity index is 855. The van der Waals surface area contributed by atoms with Gasteiger partial charge in [-0.1, -0.05) is 38.2 Å². The van der Waals surface area contributed by atoms with Crippen molar-refractivity contribution in [1.29, 1.82) is 0 Å². The molecular weight excluding hydrogens is 423 g/mol. The quantitative estimate of drug-likeness (QED) is 0.531. The second-order valence-electron chi connectivity index (χ2n) is 10.5. The van der Waals surface area contributed by atoms with E-state index in [-0.39, 0.29) is 12.0 Å². The Hall–Kier alpha value is -1.79. The summed E-state index contributed by atoms with van der Waals surface area (Å²) in [5.74, 6) is 1.28. The third-order valence-corrected chi connectivity index (χ3v) is 7.97. The van der Waals surface area contributed by atoms with Gasteiger partial charge >= 0.3 is 6.18 Å². The van der Waals surface area contributed by atoms with Gasteiger partial charge in [-0.2, -0.15) is 13.2 Å². The predicted octanol–water partition coefficient (Wildman–Crippen LogP) is 6.19. The summed E-state index contributed by atoms with van der Waals surface area (Å²) in [6, 6.07) is 4.77. The highest BCUT2D eigenvalue weighted by Gasteiger charge is 2.39. The molecule has 2 unspecified atom stereocenters. The lowest BCUT2D eigenvalue weighted by molar-refractivity contribution is -0.137. The highest BCUT2D eigenvalue weighted by molar-refractivity contribution is 5.58. The van der Waals surface area contributed by atoms with Crippen molar-refractivity contribution in [1.82, 2.24) is 4.90 Å². The van der Waals surface area contributed by atoms with E-state index in [1.165, 1.54) is 12.1 Å². The van der Waals surface area contributed by atoms with E-state index in [4.69, 9.17) is 5.73 Å². The molecule has 0 amide bonds. The lowest BCUT2D eigenvalue weighted by Crippen LogP contribution is -2.43. The average molecular weight is 462 g/mol. The van der Waals surface area contributed by atoms with Crippen LogP contribution >= 0.6 is 0 Å². The first-order chi connectivity index (χ1) is 15.7. The van der Waals surface area contributed by atoms with Crippen LogP contribution < -0.4 is 11.1 Å². The molecule has 5 atom stereocenters. The molecular formula is C27H38F3N3. The molecule has 3 nitrogen and oxygen atoms in total. The fourth-order valence-electron chi connectivity index (χ4n) is 5.94. The molecule has 1 aliphatic carbocycles. The highest BCUT2D eigenvalue weighted by Crippen LogP contribution is 2.46. The van der Waals surface area contributed by atoms with E-state index in [2.05, 4.69) is 48.4 Å². The number of allylic oxidation sites excluding steroid dienone is 3. The maximum absolute atomic E-state index is 13.4. The molecule has 1 fully saturated rings. The van der Waals surface area contributed by atoms with Crippen LogP contribution in [0.1, 0.15) is 63.0 Å². The number of nitrogens with zero attached hydrogens (tertiary/aromatic N) is 1. The van der Waals surface area contributed by atoms with Gasteiger partial charge in [-0.05, 0) is 86.7 Å². The Morgan fingerprint density at radius 1 is 1.18 bits per heavy atom. The van der Waals surface area contributed by atoms with Crippen LogP contribution in [0.3, 0.4) is 0 Å². The Morgan fingerprint density at radius 3 is 2.61 bits per heavy atom. The van der Waals surface area contributed by atoms with E-state index in [0.29, 0.717) is 23.8 Å². The zero-order valence-electron chi connectivity index (χ0n) is 19.8. The minimum absolute atomic E-state index is 0.0769. The summed E-state index contributed by atoms with van der Waals surface area (Å²) in [4.78, 5) is 2.52. The van der Waals surface area contributed by atoms with Crippen molar-refractivity contribution >= 4 is 5.69 Å². The van der Waals surface area contributed by atoms with Gasteiger partial charge < -0.3 is 16.0 Å². The monoisotopic (exact) mass is 461 g/mol. The molecule has 1 saturated heterocycles. The van der Waals surface area contributed by atoms with Crippen LogP contribution in [0.4, 0.5) is 18.9 Å². The van der Waals surface area contributed by atoms with Crippen LogP contribution in [0.5, 0.6) is 0 Å². The fraction of sp³-hybridized carbons (Fsp3) is 0.630. The molecule has 1 aromatic carbocycles. The van der Waals surface area contributed by atoms with Crippen molar-refractivity contribution in [2.45, 2.75) is 70.1 Å². The molecule has 1 aromatic rings. The third kappa shape index (κ3) is 5.83. The SMILES string of the molecule is CC1c2cc(C(F)(F)F)ccc2N[C@@H](C2C=CC=CC2)[C@@H]1CC[C@@H](C)CN1CCC(N)CC1. The van der Waals surface area contributed by atoms with Crippen LogP contribution in [0, 0.1) is 17.8 Å². The van der Waals surface area contributed by atoms with Gasteiger partial charge in [-0.25, -0.2) is 0 Å². The largest absolute Gasteiger partial charge is 0.416 e. The standard InChI is InChI=1S/C27H38F3N3/c1-18(17-33-14-12-22(31)13-15-33)8-10-23-19(2)24-16-21(27(28,29)30)9-11-25(24)32-26(23)20-6-4-3-5-7-20/h3-6,9,11,16,18-20,22-23,26,32H,7-8,10,12-15,17,31H2,1-2H3/t18-,19?,20?,23-,26+/m1/s1. The van der Waals surface area contributed by atoms with Crippen LogP contribution in [0.15, 0.2) is 42.5 Å². The van der Waals surface area contributed by atoms with E-state index >= 15 is 0 Å². The van der Waals surface area contributed by atoms with E-state index in [0.717, 1.165) is 63.0 Å². The van der Waals surface area contributed by atoms with Gasteiger partial charge in [0.2, 0.25) is 0 Å². The highest BCUT2D eigenvalue weighted by atomic mass is 19.4. The smallest absolute Gasteiger partial charge is 0.381 e. The molecule has 0 spiro atoms. The topological polar surface area (TPSA) is 41.3 Å². The number of hydrogen-bond acceptors (Lipinski definition) is 3. The van der Waals surface area contributed by atoms with E-state index < -0.39 is 11.7 Å². The van der Waals surface area contributed by atoms with Crippen LogP contribution in [0.2, 0.25) is 0 Å². The Labute approximate surface area is 196 Å². The molecule has 33 heavy (non-hydrogen) atoms. The molecule has 3 N–H and O–H groups in total. The van der Waals surface area contributed by atoms with Gasteiger partial charge in [0, 0.05) is 30.2 Å². The summed E-state index contributed by atoms with van der Waals surface area (Å²) in [5, 5.41) is 3.66. The molecule has 0 aromatic heterocycles. The first-order valence-electron chi connectivity index (χ1n) is 12.5. The average Bonchev–Trinajstić information content (AvgIpc) is 2.79. The van der Waals surface area contributed by atoms with E-state index in [1.54, 1.807) is 6.07 Å². The minimum Gasteiger partial charge on any atom is -0.381 e.